The molecule has 236 valence electrons. The highest BCUT2D eigenvalue weighted by Gasteiger charge is 2.39. The number of hydrogen-bond donors (Lipinski definition) is 0. The molecule has 4 rings (SSSR count). The zero-order chi connectivity index (χ0) is 29.3. The third-order valence-electron chi connectivity index (χ3n) is 12.7. The predicted molar refractivity (Wildman–Crippen MR) is 197 cm³/mol. The smallest absolute Gasteiger partial charge is 0.101 e. The van der Waals surface area contributed by atoms with Crippen molar-refractivity contribution in [1.29, 1.82) is 0 Å². The summed E-state index contributed by atoms with van der Waals surface area (Å²) in [6, 6.07) is 0. The Hall–Kier alpha value is 0.990. The first-order valence-electron chi connectivity index (χ1n) is 19.1. The van der Waals surface area contributed by atoms with Crippen molar-refractivity contribution in [1.82, 2.24) is 0 Å². The van der Waals surface area contributed by atoms with Gasteiger partial charge in [-0.05, 0) is 54.2 Å². The molecule has 0 spiro atoms. The van der Waals surface area contributed by atoms with E-state index in [2.05, 4.69) is 41.5 Å². The number of unbranched alkanes of at least 4 members (excludes halogenated alkanes) is 4. The van der Waals surface area contributed by atoms with Gasteiger partial charge in [0, 0.05) is 0 Å². The van der Waals surface area contributed by atoms with E-state index in [4.69, 9.17) is 0 Å². The molecule has 2 atom stereocenters. The standard InChI is InChI=1S/C37H72B2P2/c1-36(2,3)40(28-11-7-9-26-38-32-18-13-19-33(38)21-14-20-32)30-17-31-41(37(4,5)6)29-12-8-10-27-39-34-22-15-23-35(39)25-16-24-34/h32-35H,7-31H2,1-6H3. The molecule has 4 heterocycles. The molecular weight excluding hydrogens is 528 g/mol. The Balaban J connectivity index is 1.11. The zero-order valence-electron chi connectivity index (χ0n) is 29.0. The lowest BCUT2D eigenvalue weighted by molar-refractivity contribution is 0.440. The molecule has 4 fully saturated rings. The summed E-state index contributed by atoms with van der Waals surface area (Å²) in [4.78, 5) is 0. The van der Waals surface area contributed by atoms with Crippen LogP contribution >= 0.6 is 15.8 Å². The fourth-order valence-corrected chi connectivity index (χ4v) is 16.0. The van der Waals surface area contributed by atoms with Crippen LogP contribution in [0.2, 0.25) is 35.9 Å². The summed E-state index contributed by atoms with van der Waals surface area (Å²) in [6.07, 6.45) is 38.7. The molecule has 2 unspecified atom stereocenters. The number of fused-ring (bicyclic) bond motifs is 4. The minimum Gasteiger partial charge on any atom is -0.101 e. The molecule has 0 aromatic carbocycles. The van der Waals surface area contributed by atoms with Crippen LogP contribution in [0.3, 0.4) is 0 Å². The molecule has 0 amide bonds. The summed E-state index contributed by atoms with van der Waals surface area (Å²) in [5.74, 6) is 4.46. The van der Waals surface area contributed by atoms with Gasteiger partial charge < -0.3 is 0 Å². The maximum Gasteiger partial charge on any atom is 0.146 e. The Morgan fingerprint density at radius 1 is 0.415 bits per heavy atom. The zero-order valence-corrected chi connectivity index (χ0v) is 30.8. The van der Waals surface area contributed by atoms with E-state index in [0.717, 1.165) is 36.7 Å². The summed E-state index contributed by atoms with van der Waals surface area (Å²) >= 11 is 0. The topological polar surface area (TPSA) is 0 Å². The molecule has 0 aromatic rings. The first-order chi connectivity index (χ1) is 19.6. The number of hydrogen-bond acceptors (Lipinski definition) is 0. The normalized spacial score (nSPS) is 28.5. The first kappa shape index (κ1) is 34.9. The van der Waals surface area contributed by atoms with Gasteiger partial charge in [0.1, 0.15) is 13.4 Å². The van der Waals surface area contributed by atoms with Crippen molar-refractivity contribution in [3.8, 4) is 0 Å². The van der Waals surface area contributed by atoms with Crippen molar-refractivity contribution in [2.45, 2.75) is 210 Å². The lowest BCUT2D eigenvalue weighted by Gasteiger charge is -2.40. The Bertz CT molecular complexity index is 623. The highest BCUT2D eigenvalue weighted by atomic mass is 31.1. The van der Waals surface area contributed by atoms with E-state index in [-0.39, 0.29) is 15.8 Å². The van der Waals surface area contributed by atoms with Crippen LogP contribution in [-0.4, -0.2) is 48.4 Å². The molecule has 0 aliphatic carbocycles. The third kappa shape index (κ3) is 11.1. The van der Waals surface area contributed by atoms with Gasteiger partial charge in [-0.25, -0.2) is 0 Å². The fraction of sp³-hybridized carbons (Fsp3) is 1.00. The van der Waals surface area contributed by atoms with Crippen molar-refractivity contribution in [3.05, 3.63) is 0 Å². The molecule has 0 N–H and O–H groups in total. The highest BCUT2D eigenvalue weighted by Crippen LogP contribution is 2.55. The van der Waals surface area contributed by atoms with Crippen LogP contribution < -0.4 is 0 Å². The van der Waals surface area contributed by atoms with E-state index in [0.29, 0.717) is 10.3 Å². The van der Waals surface area contributed by atoms with Crippen molar-refractivity contribution in [2.75, 3.05) is 24.6 Å². The largest absolute Gasteiger partial charge is 0.146 e. The molecule has 4 aliphatic heterocycles. The summed E-state index contributed by atoms with van der Waals surface area (Å²) in [5, 5.41) is 1.08. The lowest BCUT2D eigenvalue weighted by atomic mass is 9.26. The Kier molecular flexibility index (Phi) is 14.5. The van der Waals surface area contributed by atoms with E-state index in [1.807, 2.05) is 0 Å². The van der Waals surface area contributed by atoms with Gasteiger partial charge in [0.05, 0.1) is 0 Å². The van der Waals surface area contributed by atoms with Crippen LogP contribution in [0.1, 0.15) is 164 Å². The van der Waals surface area contributed by atoms with Gasteiger partial charge in [-0.1, -0.05) is 180 Å². The summed E-state index contributed by atoms with van der Waals surface area (Å²) in [6.45, 7) is 17.6. The second-order valence-electron chi connectivity index (χ2n) is 17.5. The van der Waals surface area contributed by atoms with Gasteiger partial charge in [0.15, 0.2) is 0 Å². The maximum absolute atomic E-state index is 2.56. The van der Waals surface area contributed by atoms with Gasteiger partial charge in [-0.15, -0.1) is 15.8 Å². The molecule has 0 nitrogen and oxygen atoms in total. The van der Waals surface area contributed by atoms with Crippen LogP contribution in [0.15, 0.2) is 0 Å². The molecule has 4 aliphatic rings. The summed E-state index contributed by atoms with van der Waals surface area (Å²) in [5.41, 5.74) is 0. The molecule has 4 heteroatoms. The van der Waals surface area contributed by atoms with Crippen LogP contribution in [0, 0.1) is 0 Å². The van der Waals surface area contributed by atoms with Crippen LogP contribution in [-0.2, 0) is 0 Å². The quantitative estimate of drug-likeness (QED) is 0.0939. The van der Waals surface area contributed by atoms with Crippen molar-refractivity contribution in [3.63, 3.8) is 0 Å². The number of rotatable bonds is 16. The fourth-order valence-electron chi connectivity index (χ4n) is 10.3. The van der Waals surface area contributed by atoms with E-state index < -0.39 is 0 Å². The minimum absolute atomic E-state index is 0.170. The van der Waals surface area contributed by atoms with Gasteiger partial charge in [-0.3, -0.25) is 0 Å². The Morgan fingerprint density at radius 3 is 1.00 bits per heavy atom. The van der Waals surface area contributed by atoms with Crippen molar-refractivity contribution in [2.24, 2.45) is 0 Å². The molecule has 41 heavy (non-hydrogen) atoms. The molecule has 0 radical (unpaired) electrons. The molecular formula is C37H72B2P2. The van der Waals surface area contributed by atoms with E-state index in [1.165, 1.54) is 44.9 Å². The first-order valence-corrected chi connectivity index (χ1v) is 22.6. The summed E-state index contributed by atoms with van der Waals surface area (Å²) < 4.78 is 0. The van der Waals surface area contributed by atoms with Gasteiger partial charge in [0.25, 0.3) is 0 Å². The SMILES string of the molecule is CC(C)(C)P(CCCCCB1C2CCCC1CCC2)CCCP(CCCCCB1C2CCCC1CCC2)C(C)(C)C. The second kappa shape index (κ2) is 17.1. The molecule has 0 aromatic heterocycles. The Morgan fingerprint density at radius 2 is 0.707 bits per heavy atom. The average molecular weight is 601 g/mol. The van der Waals surface area contributed by atoms with Crippen molar-refractivity contribution >= 4 is 29.3 Å². The highest BCUT2D eigenvalue weighted by molar-refractivity contribution is 7.60. The van der Waals surface area contributed by atoms with Gasteiger partial charge in [-0.2, -0.15) is 0 Å². The molecule has 0 saturated carbocycles. The Labute approximate surface area is 262 Å². The maximum atomic E-state index is 2.56. The minimum atomic E-state index is 0.170. The lowest BCUT2D eigenvalue weighted by Crippen LogP contribution is -2.34. The summed E-state index contributed by atoms with van der Waals surface area (Å²) in [7, 11) is 0.341. The van der Waals surface area contributed by atoms with E-state index in [1.54, 1.807) is 114 Å². The van der Waals surface area contributed by atoms with Crippen molar-refractivity contribution < 1.29 is 0 Å². The predicted octanol–water partition coefficient (Wildman–Crippen LogP) is 13.5. The molecule has 4 saturated heterocycles. The van der Waals surface area contributed by atoms with Gasteiger partial charge >= 0.3 is 0 Å². The van der Waals surface area contributed by atoms with Crippen LogP contribution in [0.25, 0.3) is 0 Å². The van der Waals surface area contributed by atoms with E-state index in [9.17, 15) is 0 Å². The third-order valence-corrected chi connectivity index (χ3v) is 19.9. The average Bonchev–Trinajstić information content (AvgIpc) is 2.88. The van der Waals surface area contributed by atoms with Gasteiger partial charge in [0.2, 0.25) is 0 Å². The van der Waals surface area contributed by atoms with Crippen LogP contribution in [0.5, 0.6) is 0 Å². The second-order valence-corrected chi connectivity index (χ2v) is 24.1. The monoisotopic (exact) mass is 601 g/mol. The molecule has 4 bridgehead atoms. The van der Waals surface area contributed by atoms with Crippen LogP contribution in [0.4, 0.5) is 0 Å². The van der Waals surface area contributed by atoms with E-state index >= 15 is 0 Å².